The van der Waals surface area contributed by atoms with Crippen LogP contribution in [-0.2, 0) is 6.42 Å². The maximum absolute atomic E-state index is 3.43. The highest BCUT2D eigenvalue weighted by atomic mass is 32.1. The van der Waals surface area contributed by atoms with Crippen LogP contribution in [0.3, 0.4) is 0 Å². The van der Waals surface area contributed by atoms with Gasteiger partial charge >= 0.3 is 0 Å². The van der Waals surface area contributed by atoms with Crippen LogP contribution in [-0.4, -0.2) is 12.6 Å². The van der Waals surface area contributed by atoms with Gasteiger partial charge in [-0.25, -0.2) is 0 Å². The Morgan fingerprint density at radius 3 is 2.77 bits per heavy atom. The molecule has 0 amide bonds. The molecule has 0 aliphatic rings. The molecule has 0 fully saturated rings. The van der Waals surface area contributed by atoms with Gasteiger partial charge in [-0.05, 0) is 43.3 Å². The molecule has 0 atom stereocenters. The summed E-state index contributed by atoms with van der Waals surface area (Å²) in [6.07, 6.45) is 2.46. The largest absolute Gasteiger partial charge is 0.315 e. The van der Waals surface area contributed by atoms with Crippen molar-refractivity contribution in [2.45, 2.75) is 39.7 Å². The first-order chi connectivity index (χ1) is 6.18. The molecule has 0 bridgehead atoms. The normalized spacial score (nSPS) is 11.1. The lowest BCUT2D eigenvalue weighted by atomic mass is 10.2. The van der Waals surface area contributed by atoms with Crippen molar-refractivity contribution in [2.24, 2.45) is 0 Å². The van der Waals surface area contributed by atoms with Gasteiger partial charge in [0.2, 0.25) is 0 Å². The van der Waals surface area contributed by atoms with Crippen LogP contribution in [0.2, 0.25) is 0 Å². The van der Waals surface area contributed by atoms with Crippen LogP contribution in [0.1, 0.15) is 30.7 Å². The zero-order chi connectivity index (χ0) is 9.68. The molecule has 2 heteroatoms. The molecule has 1 rings (SSSR count). The predicted octanol–water partition coefficient (Wildman–Crippen LogP) is 2.99. The van der Waals surface area contributed by atoms with E-state index in [9.17, 15) is 0 Å². The van der Waals surface area contributed by atoms with Gasteiger partial charge in [0.1, 0.15) is 0 Å². The van der Waals surface area contributed by atoms with Gasteiger partial charge < -0.3 is 5.32 Å². The number of hydrogen-bond donors (Lipinski definition) is 1. The fraction of sp³-hybridized carbons (Fsp3) is 0.636. The van der Waals surface area contributed by atoms with E-state index < -0.39 is 0 Å². The van der Waals surface area contributed by atoms with E-state index in [0.29, 0.717) is 6.04 Å². The zero-order valence-electron chi connectivity index (χ0n) is 8.76. The molecular formula is C11H19NS. The van der Waals surface area contributed by atoms with Crippen LogP contribution in [0, 0.1) is 6.92 Å². The van der Waals surface area contributed by atoms with E-state index in [-0.39, 0.29) is 0 Å². The van der Waals surface area contributed by atoms with E-state index in [1.54, 1.807) is 0 Å². The Balaban J connectivity index is 2.13. The molecule has 0 aliphatic carbocycles. The molecule has 13 heavy (non-hydrogen) atoms. The van der Waals surface area contributed by atoms with Gasteiger partial charge in [-0.1, -0.05) is 13.8 Å². The van der Waals surface area contributed by atoms with E-state index in [0.717, 1.165) is 6.54 Å². The molecule has 0 radical (unpaired) electrons. The van der Waals surface area contributed by atoms with Crippen molar-refractivity contribution < 1.29 is 0 Å². The second kappa shape index (κ2) is 5.40. The lowest BCUT2D eigenvalue weighted by Crippen LogP contribution is -2.23. The van der Waals surface area contributed by atoms with Gasteiger partial charge in [0.25, 0.3) is 0 Å². The lowest BCUT2D eigenvalue weighted by molar-refractivity contribution is 0.571. The monoisotopic (exact) mass is 197 g/mol. The van der Waals surface area contributed by atoms with Gasteiger partial charge in [-0.3, -0.25) is 0 Å². The van der Waals surface area contributed by atoms with Crippen molar-refractivity contribution >= 4 is 11.3 Å². The van der Waals surface area contributed by atoms with Gasteiger partial charge in [-0.2, -0.15) is 0 Å². The third-order valence-corrected chi connectivity index (χ3v) is 2.89. The van der Waals surface area contributed by atoms with E-state index in [4.69, 9.17) is 0 Å². The van der Waals surface area contributed by atoms with Gasteiger partial charge in [0.15, 0.2) is 0 Å². The Labute approximate surface area is 85.2 Å². The summed E-state index contributed by atoms with van der Waals surface area (Å²) < 4.78 is 0. The summed E-state index contributed by atoms with van der Waals surface area (Å²) in [4.78, 5) is 1.42. The summed E-state index contributed by atoms with van der Waals surface area (Å²) in [5.41, 5.74) is 1.49. The first-order valence-corrected chi connectivity index (χ1v) is 5.84. The SMILES string of the molecule is Cc1cc(CCCNC(C)C)cs1. The van der Waals surface area contributed by atoms with Crippen LogP contribution in [0.15, 0.2) is 11.4 Å². The van der Waals surface area contributed by atoms with Gasteiger partial charge in [0, 0.05) is 10.9 Å². The van der Waals surface area contributed by atoms with Gasteiger partial charge in [-0.15, -0.1) is 11.3 Å². The highest BCUT2D eigenvalue weighted by Gasteiger charge is 1.96. The molecule has 74 valence electrons. The van der Waals surface area contributed by atoms with Crippen molar-refractivity contribution in [3.05, 3.63) is 21.9 Å². The molecule has 0 aromatic carbocycles. The van der Waals surface area contributed by atoms with Crippen molar-refractivity contribution in [1.82, 2.24) is 5.32 Å². The molecule has 0 spiro atoms. The number of aryl methyl sites for hydroxylation is 2. The molecule has 0 unspecified atom stereocenters. The Kier molecular flexibility index (Phi) is 4.46. The van der Waals surface area contributed by atoms with Crippen molar-refractivity contribution in [1.29, 1.82) is 0 Å². The zero-order valence-corrected chi connectivity index (χ0v) is 9.58. The van der Waals surface area contributed by atoms with Gasteiger partial charge in [0.05, 0.1) is 0 Å². The highest BCUT2D eigenvalue weighted by molar-refractivity contribution is 7.10. The number of nitrogens with one attached hydrogen (secondary N) is 1. The first-order valence-electron chi connectivity index (χ1n) is 4.96. The predicted molar refractivity (Wildman–Crippen MR) is 60.5 cm³/mol. The number of hydrogen-bond acceptors (Lipinski definition) is 2. The number of rotatable bonds is 5. The molecule has 0 aliphatic heterocycles. The third-order valence-electron chi connectivity index (χ3n) is 1.98. The van der Waals surface area contributed by atoms with Crippen LogP contribution in [0.5, 0.6) is 0 Å². The molecule has 0 saturated carbocycles. The van der Waals surface area contributed by atoms with Crippen LogP contribution in [0.25, 0.3) is 0 Å². The Hall–Kier alpha value is -0.340. The number of thiophene rings is 1. The minimum absolute atomic E-state index is 0.615. The maximum Gasteiger partial charge on any atom is 0.00170 e. The lowest BCUT2D eigenvalue weighted by Gasteiger charge is -2.06. The molecular weight excluding hydrogens is 178 g/mol. The third kappa shape index (κ3) is 4.44. The summed E-state index contributed by atoms with van der Waals surface area (Å²) >= 11 is 1.85. The standard InChI is InChI=1S/C11H19NS/c1-9(2)12-6-4-5-11-7-10(3)13-8-11/h7-9,12H,4-6H2,1-3H3. The summed E-state index contributed by atoms with van der Waals surface area (Å²) in [7, 11) is 0. The second-order valence-corrected chi connectivity index (χ2v) is 4.89. The minimum Gasteiger partial charge on any atom is -0.315 e. The Bertz CT molecular complexity index is 240. The van der Waals surface area contributed by atoms with E-state index in [2.05, 4.69) is 37.5 Å². The smallest absolute Gasteiger partial charge is 0.00170 e. The summed E-state index contributed by atoms with van der Waals surface area (Å²) in [6, 6.07) is 2.91. The molecule has 1 nitrogen and oxygen atoms in total. The average molecular weight is 197 g/mol. The van der Waals surface area contributed by atoms with E-state index in [1.165, 1.54) is 23.3 Å². The minimum atomic E-state index is 0.615. The fourth-order valence-electron chi connectivity index (χ4n) is 1.31. The van der Waals surface area contributed by atoms with Crippen molar-refractivity contribution in [3.8, 4) is 0 Å². The summed E-state index contributed by atoms with van der Waals surface area (Å²) in [5, 5.41) is 5.69. The van der Waals surface area contributed by atoms with E-state index in [1.807, 2.05) is 11.3 Å². The summed E-state index contributed by atoms with van der Waals surface area (Å²) in [5.74, 6) is 0. The average Bonchev–Trinajstić information content (AvgIpc) is 2.45. The van der Waals surface area contributed by atoms with Crippen molar-refractivity contribution in [2.75, 3.05) is 6.54 Å². The fourth-order valence-corrected chi connectivity index (χ4v) is 2.05. The van der Waals surface area contributed by atoms with Crippen LogP contribution in [0.4, 0.5) is 0 Å². The Morgan fingerprint density at radius 1 is 1.46 bits per heavy atom. The molecule has 1 N–H and O–H groups in total. The quantitative estimate of drug-likeness (QED) is 0.716. The van der Waals surface area contributed by atoms with Crippen molar-refractivity contribution in [3.63, 3.8) is 0 Å². The topological polar surface area (TPSA) is 12.0 Å². The first kappa shape index (κ1) is 10.7. The Morgan fingerprint density at radius 2 is 2.23 bits per heavy atom. The van der Waals surface area contributed by atoms with Crippen LogP contribution < -0.4 is 5.32 Å². The summed E-state index contributed by atoms with van der Waals surface area (Å²) in [6.45, 7) is 7.68. The molecule has 1 aromatic rings. The molecule has 1 aromatic heterocycles. The molecule has 1 heterocycles. The highest BCUT2D eigenvalue weighted by Crippen LogP contribution is 2.14. The van der Waals surface area contributed by atoms with E-state index >= 15 is 0 Å². The second-order valence-electron chi connectivity index (χ2n) is 3.78. The maximum atomic E-state index is 3.43. The van der Waals surface area contributed by atoms with Crippen LogP contribution >= 0.6 is 11.3 Å². The molecule has 0 saturated heterocycles.